The number of hydrogen-bond acceptors (Lipinski definition) is 3. The van der Waals surface area contributed by atoms with E-state index in [1.54, 1.807) is 0 Å². The fraction of sp³-hybridized carbons (Fsp3) is 0. The zero-order chi connectivity index (χ0) is 34.4. The summed E-state index contributed by atoms with van der Waals surface area (Å²) in [5.41, 5.74) is 15.1. The third kappa shape index (κ3) is 5.28. The molecule has 3 heteroatoms. The van der Waals surface area contributed by atoms with Gasteiger partial charge < -0.3 is 0 Å². The van der Waals surface area contributed by atoms with Crippen molar-refractivity contribution in [1.82, 2.24) is 15.0 Å². The van der Waals surface area contributed by atoms with Crippen molar-refractivity contribution in [2.75, 3.05) is 0 Å². The van der Waals surface area contributed by atoms with Gasteiger partial charge in [-0.3, -0.25) is 0 Å². The third-order valence-corrected chi connectivity index (χ3v) is 10.1. The Hall–Kier alpha value is -6.97. The quantitative estimate of drug-likeness (QED) is 0.178. The van der Waals surface area contributed by atoms with E-state index in [9.17, 15) is 0 Å². The summed E-state index contributed by atoms with van der Waals surface area (Å²) in [6.07, 6.45) is 0. The number of rotatable bonds is 6. The third-order valence-electron chi connectivity index (χ3n) is 10.1. The van der Waals surface area contributed by atoms with Gasteiger partial charge in [0.05, 0.1) is 0 Å². The Labute approximate surface area is 302 Å². The fourth-order valence-corrected chi connectivity index (χ4v) is 7.47. The minimum atomic E-state index is 0.644. The van der Waals surface area contributed by atoms with Crippen LogP contribution in [0.3, 0.4) is 0 Å². The molecule has 0 saturated heterocycles. The van der Waals surface area contributed by atoms with Crippen LogP contribution in [0, 0.1) is 0 Å². The Kier molecular flexibility index (Phi) is 7.14. The second kappa shape index (κ2) is 12.4. The van der Waals surface area contributed by atoms with Crippen LogP contribution in [-0.2, 0) is 0 Å². The van der Waals surface area contributed by atoms with Crippen molar-refractivity contribution in [3.05, 3.63) is 188 Å². The van der Waals surface area contributed by atoms with Crippen LogP contribution in [0.1, 0.15) is 0 Å². The van der Waals surface area contributed by atoms with Crippen LogP contribution in [0.25, 0.3) is 101 Å². The molecule has 0 spiro atoms. The van der Waals surface area contributed by atoms with E-state index >= 15 is 0 Å². The molecule has 1 aliphatic carbocycles. The Balaban J connectivity index is 0.997. The van der Waals surface area contributed by atoms with Crippen molar-refractivity contribution in [1.29, 1.82) is 0 Å². The van der Waals surface area contributed by atoms with Crippen molar-refractivity contribution in [2.45, 2.75) is 0 Å². The molecule has 0 N–H and O–H groups in total. The van der Waals surface area contributed by atoms with Crippen LogP contribution < -0.4 is 0 Å². The lowest BCUT2D eigenvalue weighted by Gasteiger charge is -2.11. The molecule has 0 amide bonds. The van der Waals surface area contributed by atoms with Crippen LogP contribution in [0.5, 0.6) is 0 Å². The molecular formula is C49H31N3. The summed E-state index contributed by atoms with van der Waals surface area (Å²) < 4.78 is 0. The zero-order valence-corrected chi connectivity index (χ0v) is 28.2. The van der Waals surface area contributed by atoms with Crippen LogP contribution in [0.4, 0.5) is 0 Å². The number of nitrogens with zero attached hydrogens (tertiary/aromatic N) is 3. The lowest BCUT2D eigenvalue weighted by atomic mass is 9.94. The molecular weight excluding hydrogens is 631 g/mol. The lowest BCUT2D eigenvalue weighted by Crippen LogP contribution is -2.00. The minimum Gasteiger partial charge on any atom is -0.208 e. The van der Waals surface area contributed by atoms with Gasteiger partial charge in [0.25, 0.3) is 0 Å². The van der Waals surface area contributed by atoms with Gasteiger partial charge in [0, 0.05) is 16.7 Å². The van der Waals surface area contributed by atoms with Crippen molar-refractivity contribution in [3.8, 4) is 89.8 Å². The molecule has 0 saturated carbocycles. The van der Waals surface area contributed by atoms with Gasteiger partial charge >= 0.3 is 0 Å². The van der Waals surface area contributed by atoms with E-state index in [1.807, 2.05) is 36.4 Å². The molecule has 0 fully saturated rings. The van der Waals surface area contributed by atoms with Crippen molar-refractivity contribution in [3.63, 3.8) is 0 Å². The minimum absolute atomic E-state index is 0.644. The van der Waals surface area contributed by atoms with Gasteiger partial charge in [-0.15, -0.1) is 0 Å². The number of hydrogen-bond donors (Lipinski definition) is 0. The first-order valence-corrected chi connectivity index (χ1v) is 17.6. The molecule has 8 aromatic carbocycles. The molecule has 1 aliphatic rings. The average Bonchev–Trinajstić information content (AvgIpc) is 3.56. The largest absolute Gasteiger partial charge is 0.208 e. The average molecular weight is 662 g/mol. The van der Waals surface area contributed by atoms with E-state index in [4.69, 9.17) is 15.0 Å². The second-order valence-corrected chi connectivity index (χ2v) is 13.2. The van der Waals surface area contributed by atoms with Gasteiger partial charge in [-0.05, 0) is 84.6 Å². The molecule has 3 nitrogen and oxygen atoms in total. The van der Waals surface area contributed by atoms with E-state index in [0.29, 0.717) is 17.5 Å². The molecule has 10 rings (SSSR count). The fourth-order valence-electron chi connectivity index (χ4n) is 7.47. The molecule has 1 heterocycles. The molecule has 242 valence electrons. The first-order valence-electron chi connectivity index (χ1n) is 17.6. The molecule has 0 radical (unpaired) electrons. The maximum absolute atomic E-state index is 5.00. The summed E-state index contributed by atoms with van der Waals surface area (Å²) >= 11 is 0. The molecule has 1 aromatic heterocycles. The SMILES string of the molecule is c1ccc(-c2ccc(-c3nc(-c4ccccc4)nc(-c4ccc(-c5cccc(-c6cc7c8c(cccc8c6)-c6ccccc6-7)c5)cc4)n3)cc2)cc1. The highest BCUT2D eigenvalue weighted by Crippen LogP contribution is 2.48. The summed E-state index contributed by atoms with van der Waals surface area (Å²) in [4.78, 5) is 14.9. The summed E-state index contributed by atoms with van der Waals surface area (Å²) in [5, 5.41) is 2.62. The highest BCUT2D eigenvalue weighted by atomic mass is 15.0. The number of aromatic nitrogens is 3. The number of benzene rings is 8. The van der Waals surface area contributed by atoms with E-state index in [1.165, 1.54) is 49.7 Å². The number of fused-ring (bicyclic) bond motifs is 3. The highest BCUT2D eigenvalue weighted by molar-refractivity contribution is 6.16. The van der Waals surface area contributed by atoms with Gasteiger partial charge in [0.2, 0.25) is 0 Å². The maximum atomic E-state index is 5.00. The normalized spacial score (nSPS) is 11.5. The van der Waals surface area contributed by atoms with Crippen molar-refractivity contribution >= 4 is 10.8 Å². The van der Waals surface area contributed by atoms with Gasteiger partial charge in [-0.1, -0.05) is 170 Å². The molecule has 0 aliphatic heterocycles. The van der Waals surface area contributed by atoms with Gasteiger partial charge in [-0.25, -0.2) is 15.0 Å². The maximum Gasteiger partial charge on any atom is 0.164 e. The van der Waals surface area contributed by atoms with Gasteiger partial charge in [-0.2, -0.15) is 0 Å². The van der Waals surface area contributed by atoms with E-state index in [-0.39, 0.29) is 0 Å². The highest BCUT2D eigenvalue weighted by Gasteiger charge is 2.21. The molecule has 52 heavy (non-hydrogen) atoms. The van der Waals surface area contributed by atoms with Crippen LogP contribution in [0.15, 0.2) is 188 Å². The lowest BCUT2D eigenvalue weighted by molar-refractivity contribution is 1.07. The zero-order valence-electron chi connectivity index (χ0n) is 28.2. The van der Waals surface area contributed by atoms with Crippen molar-refractivity contribution in [2.24, 2.45) is 0 Å². The van der Waals surface area contributed by atoms with Gasteiger partial charge in [0.1, 0.15) is 0 Å². The van der Waals surface area contributed by atoms with Gasteiger partial charge in [0.15, 0.2) is 17.5 Å². The van der Waals surface area contributed by atoms with E-state index < -0.39 is 0 Å². The Morgan fingerprint density at radius 2 is 0.635 bits per heavy atom. The molecule has 0 atom stereocenters. The first-order chi connectivity index (χ1) is 25.7. The Morgan fingerprint density at radius 3 is 1.25 bits per heavy atom. The summed E-state index contributed by atoms with van der Waals surface area (Å²) in [5.74, 6) is 1.94. The van der Waals surface area contributed by atoms with Crippen LogP contribution in [-0.4, -0.2) is 15.0 Å². The van der Waals surface area contributed by atoms with Crippen LogP contribution in [0.2, 0.25) is 0 Å². The topological polar surface area (TPSA) is 38.7 Å². The smallest absolute Gasteiger partial charge is 0.164 e. The Bertz CT molecular complexity index is 2750. The summed E-state index contributed by atoms with van der Waals surface area (Å²) in [6.45, 7) is 0. The molecule has 0 unspecified atom stereocenters. The van der Waals surface area contributed by atoms with Crippen molar-refractivity contribution < 1.29 is 0 Å². The van der Waals surface area contributed by atoms with Crippen LogP contribution >= 0.6 is 0 Å². The summed E-state index contributed by atoms with van der Waals surface area (Å²) in [7, 11) is 0. The van der Waals surface area contributed by atoms with E-state index in [2.05, 4.69) is 152 Å². The summed E-state index contributed by atoms with van der Waals surface area (Å²) in [6, 6.07) is 66.4. The Morgan fingerprint density at radius 1 is 0.231 bits per heavy atom. The predicted molar refractivity (Wildman–Crippen MR) is 214 cm³/mol. The molecule has 0 bridgehead atoms. The predicted octanol–water partition coefficient (Wildman–Crippen LogP) is 12.7. The second-order valence-electron chi connectivity index (χ2n) is 13.2. The molecule has 9 aromatic rings. The van der Waals surface area contributed by atoms with E-state index in [0.717, 1.165) is 33.4 Å². The first kappa shape index (κ1) is 29.9. The standard InChI is InChI=1S/C49H31N3/c1-3-11-32(12-4-1)33-21-25-36(26-22-33)48-50-47(35-13-5-2-6-14-35)51-49(52-48)37-27-23-34(24-28-37)38-15-9-16-39(29-38)41-30-40-17-10-20-44-42-18-7-8-19-43(42)45(31-41)46(40)44/h1-31H. The monoisotopic (exact) mass is 661 g/mol.